The van der Waals surface area contributed by atoms with Gasteiger partial charge in [0.2, 0.25) is 0 Å². The van der Waals surface area contributed by atoms with E-state index in [1.54, 1.807) is 31.2 Å². The second kappa shape index (κ2) is 9.13. The van der Waals surface area contributed by atoms with Gasteiger partial charge in [0, 0.05) is 36.4 Å². The molecule has 1 aliphatic heterocycles. The molecule has 0 fully saturated rings. The number of hydrogen-bond acceptors (Lipinski definition) is 7. The fourth-order valence-corrected chi connectivity index (χ4v) is 3.93. The van der Waals surface area contributed by atoms with Gasteiger partial charge >= 0.3 is 11.9 Å². The molecule has 7 nitrogen and oxygen atoms in total. The minimum Gasteiger partial charge on any atom is -0.465 e. The summed E-state index contributed by atoms with van der Waals surface area (Å²) in [6.45, 7) is 2.22. The molecule has 29 heavy (non-hydrogen) atoms. The van der Waals surface area contributed by atoms with Crippen LogP contribution in [0.3, 0.4) is 0 Å². The van der Waals surface area contributed by atoms with Crippen LogP contribution in [0.2, 0.25) is 0 Å². The van der Waals surface area contributed by atoms with E-state index in [0.717, 1.165) is 17.7 Å². The van der Waals surface area contributed by atoms with Gasteiger partial charge in [-0.05, 0) is 37.5 Å². The molecule has 0 amide bonds. The zero-order valence-corrected chi connectivity index (χ0v) is 16.9. The number of benzene rings is 1. The number of ether oxygens (including phenoxy) is 3. The number of carbonyl (C=O) groups excluding carboxylic acids is 3. The highest BCUT2D eigenvalue weighted by Crippen LogP contribution is 2.43. The SMILES string of the molecule is COCCOC(=O)C1C(C)=NC2=C(C(=O)CCC2)[C@H]1c1ccc(C(=O)OC)cc1. The Labute approximate surface area is 169 Å². The molecule has 0 radical (unpaired) electrons. The summed E-state index contributed by atoms with van der Waals surface area (Å²) in [6.07, 6.45) is 1.90. The number of ketones is 1. The molecule has 0 aromatic heterocycles. The largest absolute Gasteiger partial charge is 0.465 e. The molecule has 2 atom stereocenters. The van der Waals surface area contributed by atoms with Crippen LogP contribution in [-0.2, 0) is 23.8 Å². The number of rotatable bonds is 6. The zero-order valence-electron chi connectivity index (χ0n) is 16.9. The average molecular weight is 399 g/mol. The summed E-state index contributed by atoms with van der Waals surface area (Å²) in [5, 5.41) is 0. The van der Waals surface area contributed by atoms with E-state index in [1.807, 2.05) is 0 Å². The van der Waals surface area contributed by atoms with Gasteiger partial charge in [0.15, 0.2) is 5.78 Å². The van der Waals surface area contributed by atoms with Crippen molar-refractivity contribution in [1.29, 1.82) is 0 Å². The van der Waals surface area contributed by atoms with Crippen LogP contribution in [0.5, 0.6) is 0 Å². The molecule has 154 valence electrons. The van der Waals surface area contributed by atoms with E-state index < -0.39 is 23.8 Å². The first kappa shape index (κ1) is 20.9. The molecule has 3 rings (SSSR count). The summed E-state index contributed by atoms with van der Waals surface area (Å²) in [5.41, 5.74) is 3.13. The van der Waals surface area contributed by atoms with Crippen molar-refractivity contribution < 1.29 is 28.6 Å². The molecule has 1 unspecified atom stereocenters. The quantitative estimate of drug-likeness (QED) is 0.540. The number of Topliss-reactive ketones (excluding diaryl/α,β-unsaturated/α-hetero) is 1. The first-order valence-corrected chi connectivity index (χ1v) is 9.63. The number of esters is 2. The number of methoxy groups -OCH3 is 2. The van der Waals surface area contributed by atoms with Gasteiger partial charge in [0.05, 0.1) is 19.3 Å². The lowest BCUT2D eigenvalue weighted by Gasteiger charge is -2.34. The molecule has 1 heterocycles. The second-order valence-electron chi connectivity index (χ2n) is 7.12. The smallest absolute Gasteiger partial charge is 0.337 e. The third-order valence-electron chi connectivity index (χ3n) is 5.31. The highest BCUT2D eigenvalue weighted by atomic mass is 16.6. The third kappa shape index (κ3) is 4.29. The number of hydrogen-bond donors (Lipinski definition) is 0. The fourth-order valence-electron chi connectivity index (χ4n) is 3.93. The van der Waals surface area contributed by atoms with E-state index in [4.69, 9.17) is 14.2 Å². The highest BCUT2D eigenvalue weighted by molar-refractivity contribution is 6.08. The summed E-state index contributed by atoms with van der Waals surface area (Å²) >= 11 is 0. The monoisotopic (exact) mass is 399 g/mol. The molecule has 7 heteroatoms. The normalized spacial score (nSPS) is 21.3. The molecule has 0 saturated carbocycles. The molecule has 2 aliphatic rings. The molecule has 0 saturated heterocycles. The van der Waals surface area contributed by atoms with Gasteiger partial charge < -0.3 is 14.2 Å². The van der Waals surface area contributed by atoms with Crippen LogP contribution in [0.4, 0.5) is 0 Å². The Hall–Kier alpha value is -2.80. The van der Waals surface area contributed by atoms with Gasteiger partial charge in [-0.3, -0.25) is 14.6 Å². The molecular weight excluding hydrogens is 374 g/mol. The van der Waals surface area contributed by atoms with E-state index in [0.29, 0.717) is 36.3 Å². The Kier molecular flexibility index (Phi) is 6.59. The predicted octanol–water partition coefficient (Wildman–Crippen LogP) is 2.84. The van der Waals surface area contributed by atoms with Crippen LogP contribution in [-0.4, -0.2) is 50.9 Å². The average Bonchev–Trinajstić information content (AvgIpc) is 2.72. The van der Waals surface area contributed by atoms with Crippen molar-refractivity contribution in [1.82, 2.24) is 0 Å². The molecule has 1 aromatic carbocycles. The topological polar surface area (TPSA) is 91.3 Å². The summed E-state index contributed by atoms with van der Waals surface area (Å²) in [6, 6.07) is 6.81. The number of nitrogens with zero attached hydrogens (tertiary/aromatic N) is 1. The Morgan fingerprint density at radius 2 is 1.83 bits per heavy atom. The van der Waals surface area contributed by atoms with E-state index in [2.05, 4.69) is 4.99 Å². The standard InChI is InChI=1S/C22H25NO6/c1-13-18(22(26)29-12-11-27-2)19(20-16(23-13)5-4-6-17(20)24)14-7-9-15(10-8-14)21(25)28-3/h7-10,18-19H,4-6,11-12H2,1-3H3/t18?,19-/m0/s1. The van der Waals surface area contributed by atoms with Crippen molar-refractivity contribution in [3.8, 4) is 0 Å². The third-order valence-corrected chi connectivity index (χ3v) is 5.31. The minimum absolute atomic E-state index is 0.0132. The van der Waals surface area contributed by atoms with Crippen molar-refractivity contribution in [2.75, 3.05) is 27.4 Å². The Morgan fingerprint density at radius 1 is 1.10 bits per heavy atom. The summed E-state index contributed by atoms with van der Waals surface area (Å²) < 4.78 is 15.1. The van der Waals surface area contributed by atoms with Crippen LogP contribution in [0.1, 0.15) is 48.0 Å². The maximum absolute atomic E-state index is 12.9. The van der Waals surface area contributed by atoms with E-state index in [1.165, 1.54) is 14.2 Å². The number of carbonyl (C=O) groups is 3. The molecule has 0 spiro atoms. The molecule has 1 aliphatic carbocycles. The van der Waals surface area contributed by atoms with E-state index in [-0.39, 0.29) is 12.4 Å². The van der Waals surface area contributed by atoms with Crippen molar-refractivity contribution in [3.63, 3.8) is 0 Å². The summed E-state index contributed by atoms with van der Waals surface area (Å²) in [5.74, 6) is -2.05. The van der Waals surface area contributed by atoms with Gasteiger partial charge in [-0.1, -0.05) is 12.1 Å². The van der Waals surface area contributed by atoms with Crippen molar-refractivity contribution in [2.45, 2.75) is 32.1 Å². The van der Waals surface area contributed by atoms with E-state index in [9.17, 15) is 14.4 Å². The summed E-state index contributed by atoms with van der Waals surface area (Å²) in [7, 11) is 2.85. The lowest BCUT2D eigenvalue weighted by Crippen LogP contribution is -2.37. The van der Waals surface area contributed by atoms with Crippen molar-refractivity contribution in [2.24, 2.45) is 10.9 Å². The Bertz CT molecular complexity index is 868. The van der Waals surface area contributed by atoms with Crippen molar-refractivity contribution >= 4 is 23.4 Å². The predicted molar refractivity (Wildman–Crippen MR) is 106 cm³/mol. The molecular formula is C22H25NO6. The van der Waals surface area contributed by atoms with Gasteiger partial charge in [-0.15, -0.1) is 0 Å². The number of aliphatic imine (C=N–C) groups is 1. The van der Waals surface area contributed by atoms with Crippen LogP contribution in [0.15, 0.2) is 40.5 Å². The minimum atomic E-state index is -0.698. The lowest BCUT2D eigenvalue weighted by molar-refractivity contribution is -0.147. The first-order valence-electron chi connectivity index (χ1n) is 9.63. The van der Waals surface area contributed by atoms with Crippen LogP contribution in [0.25, 0.3) is 0 Å². The van der Waals surface area contributed by atoms with Gasteiger partial charge in [0.25, 0.3) is 0 Å². The van der Waals surface area contributed by atoms with Crippen LogP contribution in [0, 0.1) is 5.92 Å². The van der Waals surface area contributed by atoms with Gasteiger partial charge in [-0.25, -0.2) is 4.79 Å². The molecule has 0 N–H and O–H groups in total. The molecule has 0 bridgehead atoms. The fraction of sp³-hybridized carbons (Fsp3) is 0.455. The van der Waals surface area contributed by atoms with Crippen LogP contribution >= 0.6 is 0 Å². The second-order valence-corrected chi connectivity index (χ2v) is 7.12. The summed E-state index contributed by atoms with van der Waals surface area (Å²) in [4.78, 5) is 42.0. The number of allylic oxidation sites excluding steroid dienone is 2. The highest BCUT2D eigenvalue weighted by Gasteiger charge is 2.43. The van der Waals surface area contributed by atoms with Gasteiger partial charge in [-0.2, -0.15) is 0 Å². The van der Waals surface area contributed by atoms with Crippen LogP contribution < -0.4 is 0 Å². The lowest BCUT2D eigenvalue weighted by atomic mass is 9.71. The molecule has 1 aromatic rings. The maximum atomic E-state index is 12.9. The maximum Gasteiger partial charge on any atom is 0.337 e. The van der Waals surface area contributed by atoms with E-state index >= 15 is 0 Å². The van der Waals surface area contributed by atoms with Gasteiger partial charge in [0.1, 0.15) is 12.5 Å². The Balaban J connectivity index is 2.02. The van der Waals surface area contributed by atoms with Crippen molar-refractivity contribution in [3.05, 3.63) is 46.7 Å². The first-order chi connectivity index (χ1) is 14.0. The zero-order chi connectivity index (χ0) is 21.0. The Morgan fingerprint density at radius 3 is 2.48 bits per heavy atom.